The van der Waals surface area contributed by atoms with E-state index in [-0.39, 0.29) is 11.8 Å². The van der Waals surface area contributed by atoms with E-state index in [4.69, 9.17) is 11.6 Å². The summed E-state index contributed by atoms with van der Waals surface area (Å²) in [6, 6.07) is 8.58. The van der Waals surface area contributed by atoms with Crippen molar-refractivity contribution in [3.8, 4) is 0 Å². The van der Waals surface area contributed by atoms with E-state index in [0.717, 1.165) is 43.8 Å². The van der Waals surface area contributed by atoms with Crippen LogP contribution < -0.4 is 5.32 Å². The summed E-state index contributed by atoms with van der Waals surface area (Å²) >= 11 is 6.08. The second-order valence-electron chi connectivity index (χ2n) is 6.83. The molecule has 0 radical (unpaired) electrons. The number of nitrogens with zero attached hydrogens (tertiary/aromatic N) is 1. The number of aliphatic hydroxyl groups is 1. The molecule has 2 N–H and O–H groups in total. The zero-order valence-corrected chi connectivity index (χ0v) is 14.3. The largest absolute Gasteiger partial charge is 0.383 e. The van der Waals surface area contributed by atoms with Crippen molar-refractivity contribution in [2.24, 2.45) is 5.92 Å². The third kappa shape index (κ3) is 4.25. The third-order valence-corrected chi connectivity index (χ3v) is 5.33. The molecular weight excluding hydrogens is 312 g/mol. The Morgan fingerprint density at radius 2 is 2.00 bits per heavy atom. The van der Waals surface area contributed by atoms with Crippen LogP contribution in [0.1, 0.15) is 44.2 Å². The van der Waals surface area contributed by atoms with Gasteiger partial charge in [-0.1, -0.05) is 23.7 Å². The number of amides is 1. The Kier molecular flexibility index (Phi) is 5.24. The Balaban J connectivity index is 1.52. The van der Waals surface area contributed by atoms with Crippen LogP contribution in [0.4, 0.5) is 0 Å². The SMILES string of the molecule is C[C@H](c1cccc(Cl)c1)N1CCC([C@H](O)C(=O)NC2CC2)CC1. The molecular formula is C18H25ClN2O2. The maximum atomic E-state index is 12.0. The standard InChI is InChI=1S/C18H25ClN2O2/c1-12(14-3-2-4-15(19)11-14)21-9-7-13(8-10-21)17(22)18(23)20-16-5-6-16/h2-4,11-13,16-17,22H,5-10H2,1H3,(H,20,23)/t12-,17+/m1/s1. The Morgan fingerprint density at radius 1 is 1.30 bits per heavy atom. The van der Waals surface area contributed by atoms with Crippen molar-refractivity contribution in [2.75, 3.05) is 13.1 Å². The molecule has 126 valence electrons. The molecule has 1 aliphatic heterocycles. The second-order valence-corrected chi connectivity index (χ2v) is 7.27. The van der Waals surface area contributed by atoms with E-state index in [1.807, 2.05) is 18.2 Å². The van der Waals surface area contributed by atoms with Crippen molar-refractivity contribution >= 4 is 17.5 Å². The van der Waals surface area contributed by atoms with Crippen LogP contribution in [0.2, 0.25) is 5.02 Å². The molecule has 2 aliphatic rings. The van der Waals surface area contributed by atoms with Crippen LogP contribution in [0.5, 0.6) is 0 Å². The minimum atomic E-state index is -0.862. The van der Waals surface area contributed by atoms with Gasteiger partial charge in [0.2, 0.25) is 5.91 Å². The predicted octanol–water partition coefficient (Wildman–Crippen LogP) is 2.75. The van der Waals surface area contributed by atoms with Gasteiger partial charge in [0.15, 0.2) is 0 Å². The molecule has 1 amide bonds. The molecule has 0 unspecified atom stereocenters. The van der Waals surface area contributed by atoms with Gasteiger partial charge in [0.1, 0.15) is 6.10 Å². The van der Waals surface area contributed by atoms with Crippen molar-refractivity contribution in [1.29, 1.82) is 0 Å². The van der Waals surface area contributed by atoms with E-state index < -0.39 is 6.10 Å². The number of piperidine rings is 1. The first-order chi connectivity index (χ1) is 11.0. The van der Waals surface area contributed by atoms with E-state index >= 15 is 0 Å². The van der Waals surface area contributed by atoms with Gasteiger partial charge in [-0.25, -0.2) is 0 Å². The molecule has 1 aliphatic carbocycles. The van der Waals surface area contributed by atoms with Crippen LogP contribution in [0.25, 0.3) is 0 Å². The number of benzene rings is 1. The maximum Gasteiger partial charge on any atom is 0.249 e. The Labute approximate surface area is 142 Å². The average Bonchev–Trinajstić information content (AvgIpc) is 3.37. The molecule has 5 heteroatoms. The first-order valence-corrected chi connectivity index (χ1v) is 8.90. The zero-order valence-electron chi connectivity index (χ0n) is 13.5. The quantitative estimate of drug-likeness (QED) is 0.869. The van der Waals surface area contributed by atoms with Gasteiger partial charge in [-0.15, -0.1) is 0 Å². The molecule has 1 saturated heterocycles. The van der Waals surface area contributed by atoms with Crippen LogP contribution in [-0.2, 0) is 4.79 Å². The number of carbonyl (C=O) groups excluding carboxylic acids is 1. The summed E-state index contributed by atoms with van der Waals surface area (Å²) in [5, 5.41) is 13.9. The van der Waals surface area contributed by atoms with Gasteiger partial charge in [-0.05, 0) is 69.3 Å². The lowest BCUT2D eigenvalue weighted by molar-refractivity contribution is -0.133. The van der Waals surface area contributed by atoms with Crippen molar-refractivity contribution in [1.82, 2.24) is 10.2 Å². The molecule has 2 atom stereocenters. The summed E-state index contributed by atoms with van der Waals surface area (Å²) in [6.45, 7) is 3.97. The molecule has 1 saturated carbocycles. The Morgan fingerprint density at radius 3 is 2.61 bits per heavy atom. The summed E-state index contributed by atoms with van der Waals surface area (Å²) in [5.41, 5.74) is 1.21. The van der Waals surface area contributed by atoms with Crippen LogP contribution in [0, 0.1) is 5.92 Å². The molecule has 1 aromatic carbocycles. The first kappa shape index (κ1) is 16.7. The minimum Gasteiger partial charge on any atom is -0.383 e. The molecule has 0 bridgehead atoms. The van der Waals surface area contributed by atoms with Crippen molar-refractivity contribution in [2.45, 2.75) is 50.8 Å². The van der Waals surface area contributed by atoms with Crippen LogP contribution >= 0.6 is 11.6 Å². The fourth-order valence-electron chi connectivity index (χ4n) is 3.33. The summed E-state index contributed by atoms with van der Waals surface area (Å²) in [7, 11) is 0. The lowest BCUT2D eigenvalue weighted by Crippen LogP contribution is -2.45. The van der Waals surface area contributed by atoms with Gasteiger partial charge in [-0.3, -0.25) is 9.69 Å². The number of rotatable bonds is 5. The number of likely N-dealkylation sites (tertiary alicyclic amines) is 1. The summed E-state index contributed by atoms with van der Waals surface area (Å²) in [5.74, 6) is -0.120. The molecule has 3 rings (SSSR count). The van der Waals surface area contributed by atoms with Crippen molar-refractivity contribution in [3.63, 3.8) is 0 Å². The highest BCUT2D eigenvalue weighted by Gasteiger charge is 2.33. The fraction of sp³-hybridized carbons (Fsp3) is 0.611. The lowest BCUT2D eigenvalue weighted by Gasteiger charge is -2.37. The summed E-state index contributed by atoms with van der Waals surface area (Å²) < 4.78 is 0. The topological polar surface area (TPSA) is 52.6 Å². The van der Waals surface area contributed by atoms with Crippen molar-refractivity contribution < 1.29 is 9.90 Å². The number of halogens is 1. The summed E-state index contributed by atoms with van der Waals surface area (Å²) in [6.07, 6.45) is 2.94. The number of nitrogens with one attached hydrogen (secondary N) is 1. The molecule has 0 spiro atoms. The van der Waals surface area contributed by atoms with Crippen LogP contribution in [0.3, 0.4) is 0 Å². The molecule has 23 heavy (non-hydrogen) atoms. The zero-order chi connectivity index (χ0) is 16.4. The highest BCUT2D eigenvalue weighted by Crippen LogP contribution is 2.29. The maximum absolute atomic E-state index is 12.0. The van der Waals surface area contributed by atoms with Gasteiger partial charge in [0.25, 0.3) is 0 Å². The molecule has 1 aromatic rings. The van der Waals surface area contributed by atoms with E-state index in [2.05, 4.69) is 23.2 Å². The average molecular weight is 337 g/mol. The second kappa shape index (κ2) is 7.20. The fourth-order valence-corrected chi connectivity index (χ4v) is 3.53. The monoisotopic (exact) mass is 336 g/mol. The summed E-state index contributed by atoms with van der Waals surface area (Å²) in [4.78, 5) is 14.4. The van der Waals surface area contributed by atoms with Crippen LogP contribution in [-0.4, -0.2) is 41.1 Å². The van der Waals surface area contributed by atoms with Crippen LogP contribution in [0.15, 0.2) is 24.3 Å². The van der Waals surface area contributed by atoms with E-state index in [1.165, 1.54) is 5.56 Å². The number of carbonyl (C=O) groups is 1. The molecule has 2 fully saturated rings. The smallest absolute Gasteiger partial charge is 0.249 e. The number of hydrogen-bond acceptors (Lipinski definition) is 3. The van der Waals surface area contributed by atoms with Crippen molar-refractivity contribution in [3.05, 3.63) is 34.9 Å². The van der Waals surface area contributed by atoms with Gasteiger partial charge >= 0.3 is 0 Å². The van der Waals surface area contributed by atoms with E-state index in [1.54, 1.807) is 0 Å². The lowest BCUT2D eigenvalue weighted by atomic mass is 9.89. The molecule has 1 heterocycles. The van der Waals surface area contributed by atoms with Gasteiger partial charge < -0.3 is 10.4 Å². The number of hydrogen-bond donors (Lipinski definition) is 2. The Bertz CT molecular complexity index is 554. The molecule has 4 nitrogen and oxygen atoms in total. The minimum absolute atomic E-state index is 0.0663. The van der Waals surface area contributed by atoms with E-state index in [0.29, 0.717) is 12.1 Å². The number of aliphatic hydroxyl groups excluding tert-OH is 1. The van der Waals surface area contributed by atoms with Gasteiger partial charge in [-0.2, -0.15) is 0 Å². The van der Waals surface area contributed by atoms with Gasteiger partial charge in [0, 0.05) is 17.1 Å². The third-order valence-electron chi connectivity index (χ3n) is 5.09. The first-order valence-electron chi connectivity index (χ1n) is 8.52. The predicted molar refractivity (Wildman–Crippen MR) is 91.3 cm³/mol. The normalized spacial score (nSPS) is 22.6. The Hall–Kier alpha value is -1.10. The molecule has 0 aromatic heterocycles. The van der Waals surface area contributed by atoms with Gasteiger partial charge in [0.05, 0.1) is 0 Å². The highest BCUT2D eigenvalue weighted by atomic mass is 35.5. The highest BCUT2D eigenvalue weighted by molar-refractivity contribution is 6.30. The van der Waals surface area contributed by atoms with E-state index in [9.17, 15) is 9.90 Å².